The highest BCUT2D eigenvalue weighted by Gasteiger charge is 2.36. The van der Waals surface area contributed by atoms with Gasteiger partial charge in [0.15, 0.2) is 0 Å². The number of imide groups is 1. The van der Waals surface area contributed by atoms with Crippen molar-refractivity contribution in [1.29, 1.82) is 0 Å². The number of carbonyl (C=O) groups is 3. The molecule has 7 heteroatoms. The largest absolute Gasteiger partial charge is 0.467 e. The fourth-order valence-corrected chi connectivity index (χ4v) is 4.22. The van der Waals surface area contributed by atoms with Crippen molar-refractivity contribution < 1.29 is 18.8 Å². The van der Waals surface area contributed by atoms with E-state index in [-0.39, 0.29) is 30.0 Å². The van der Waals surface area contributed by atoms with Crippen molar-refractivity contribution in [3.05, 3.63) is 94.9 Å². The molecule has 1 aliphatic rings. The first-order chi connectivity index (χ1) is 16.0. The van der Waals surface area contributed by atoms with E-state index in [0.717, 1.165) is 23.6 Å². The van der Waals surface area contributed by atoms with Gasteiger partial charge in [0.05, 0.1) is 30.0 Å². The summed E-state index contributed by atoms with van der Waals surface area (Å²) in [5.74, 6) is -0.572. The first kappa shape index (κ1) is 22.5. The lowest BCUT2D eigenvalue weighted by Crippen LogP contribution is -2.38. The zero-order valence-electron chi connectivity index (χ0n) is 18.8. The molecule has 7 nitrogen and oxygen atoms in total. The van der Waals surface area contributed by atoms with E-state index in [1.54, 1.807) is 24.3 Å². The van der Waals surface area contributed by atoms with Gasteiger partial charge >= 0.3 is 0 Å². The van der Waals surface area contributed by atoms with E-state index in [1.165, 1.54) is 12.3 Å². The van der Waals surface area contributed by atoms with Gasteiger partial charge in [-0.1, -0.05) is 44.2 Å². The van der Waals surface area contributed by atoms with Crippen LogP contribution in [0.5, 0.6) is 0 Å². The van der Waals surface area contributed by atoms with Gasteiger partial charge in [-0.2, -0.15) is 0 Å². The van der Waals surface area contributed by atoms with Crippen molar-refractivity contribution in [3.63, 3.8) is 0 Å². The minimum atomic E-state index is -0.425. The second-order valence-corrected chi connectivity index (χ2v) is 7.89. The summed E-state index contributed by atoms with van der Waals surface area (Å²) < 4.78 is 5.27. The molecular formula is C26H27N3O4. The summed E-state index contributed by atoms with van der Waals surface area (Å²) >= 11 is 0. The van der Waals surface area contributed by atoms with E-state index in [0.29, 0.717) is 23.4 Å². The number of nitrogens with one attached hydrogen (secondary N) is 1. The Balaban J connectivity index is 1.49. The van der Waals surface area contributed by atoms with Crippen LogP contribution in [0.1, 0.15) is 62.3 Å². The summed E-state index contributed by atoms with van der Waals surface area (Å²) in [7, 11) is 0. The highest BCUT2D eigenvalue weighted by Crippen LogP contribution is 2.26. The predicted octanol–water partition coefficient (Wildman–Crippen LogP) is 3.89. The molecule has 1 N–H and O–H groups in total. The number of hydrogen-bond donors (Lipinski definition) is 1. The van der Waals surface area contributed by atoms with Crippen LogP contribution < -0.4 is 5.32 Å². The van der Waals surface area contributed by atoms with Crippen molar-refractivity contribution in [2.24, 2.45) is 0 Å². The van der Waals surface area contributed by atoms with Crippen LogP contribution in [0.3, 0.4) is 0 Å². The second-order valence-electron chi connectivity index (χ2n) is 7.89. The van der Waals surface area contributed by atoms with Crippen LogP contribution in [0.15, 0.2) is 71.3 Å². The monoisotopic (exact) mass is 445 g/mol. The quantitative estimate of drug-likeness (QED) is 0.506. The van der Waals surface area contributed by atoms with Gasteiger partial charge in [0, 0.05) is 12.1 Å². The van der Waals surface area contributed by atoms with E-state index < -0.39 is 5.91 Å². The number of furan rings is 1. The Bertz CT molecular complexity index is 1140. The van der Waals surface area contributed by atoms with E-state index in [2.05, 4.69) is 36.2 Å². The fourth-order valence-electron chi connectivity index (χ4n) is 4.22. The number of rotatable bonds is 9. The first-order valence-electron chi connectivity index (χ1n) is 11.1. The molecule has 0 spiro atoms. The molecule has 0 fully saturated rings. The number of hydrogen-bond acceptors (Lipinski definition) is 5. The van der Waals surface area contributed by atoms with E-state index >= 15 is 0 Å². The number of nitrogens with zero attached hydrogens (tertiary/aromatic N) is 2. The third-order valence-corrected chi connectivity index (χ3v) is 6.02. The van der Waals surface area contributed by atoms with E-state index in [1.807, 2.05) is 18.2 Å². The lowest BCUT2D eigenvalue weighted by Gasteiger charge is -2.30. The molecule has 1 atom stereocenters. The maximum atomic E-state index is 13.0. The maximum Gasteiger partial charge on any atom is 0.261 e. The Morgan fingerprint density at radius 2 is 1.70 bits per heavy atom. The van der Waals surface area contributed by atoms with Gasteiger partial charge in [0.2, 0.25) is 0 Å². The molecule has 0 bridgehead atoms. The lowest BCUT2D eigenvalue weighted by molar-refractivity contribution is 0.0631. The normalized spacial score (nSPS) is 14.0. The van der Waals surface area contributed by atoms with Gasteiger partial charge in [-0.05, 0) is 49.0 Å². The summed E-state index contributed by atoms with van der Waals surface area (Å²) in [6, 6.07) is 18.2. The molecule has 0 aliphatic carbocycles. The van der Waals surface area contributed by atoms with Gasteiger partial charge in [-0.3, -0.25) is 24.2 Å². The molecular weight excluding hydrogens is 418 g/mol. The molecule has 0 radical (unpaired) electrons. The number of likely N-dealkylation sites (N-methyl/N-ethyl adjacent to an activating group) is 1. The van der Waals surface area contributed by atoms with Gasteiger partial charge in [0.25, 0.3) is 17.7 Å². The van der Waals surface area contributed by atoms with Crippen LogP contribution in [-0.2, 0) is 6.54 Å². The summed E-state index contributed by atoms with van der Waals surface area (Å²) in [6.07, 6.45) is 1.50. The van der Waals surface area contributed by atoms with E-state index in [9.17, 15) is 14.4 Å². The Labute approximate surface area is 193 Å². The zero-order valence-corrected chi connectivity index (χ0v) is 18.8. The average Bonchev–Trinajstić information content (AvgIpc) is 3.45. The lowest BCUT2D eigenvalue weighted by atomic mass is 10.0. The second kappa shape index (κ2) is 9.83. The minimum absolute atomic E-state index is 0.0339. The van der Waals surface area contributed by atoms with Gasteiger partial charge in [0.1, 0.15) is 5.76 Å². The van der Waals surface area contributed by atoms with Crippen LogP contribution in [0.2, 0.25) is 0 Å². The molecule has 1 unspecified atom stereocenters. The molecule has 0 saturated heterocycles. The SMILES string of the molecule is CCN(CC)C(CNC(=O)c1ccc2c(c1)C(=O)N(Cc1ccco1)C2=O)c1ccccc1. The third kappa shape index (κ3) is 4.59. The van der Waals surface area contributed by atoms with Gasteiger partial charge < -0.3 is 9.73 Å². The predicted molar refractivity (Wildman–Crippen MR) is 124 cm³/mol. The number of benzene rings is 2. The topological polar surface area (TPSA) is 82.9 Å². The number of fused-ring (bicyclic) bond motifs is 1. The van der Waals surface area contributed by atoms with Crippen molar-refractivity contribution >= 4 is 17.7 Å². The first-order valence-corrected chi connectivity index (χ1v) is 11.1. The maximum absolute atomic E-state index is 13.0. The summed E-state index contributed by atoms with van der Waals surface area (Å²) in [4.78, 5) is 41.9. The molecule has 3 amide bonds. The highest BCUT2D eigenvalue weighted by molar-refractivity contribution is 6.22. The fraction of sp³-hybridized carbons (Fsp3) is 0.269. The van der Waals surface area contributed by atoms with Crippen molar-refractivity contribution in [1.82, 2.24) is 15.1 Å². The Hall–Kier alpha value is -3.71. The molecule has 33 heavy (non-hydrogen) atoms. The summed E-state index contributed by atoms with van der Waals surface area (Å²) in [6.45, 7) is 6.39. The van der Waals surface area contributed by atoms with Crippen LogP contribution in [0, 0.1) is 0 Å². The molecule has 0 saturated carbocycles. The van der Waals surface area contributed by atoms with E-state index in [4.69, 9.17) is 4.42 Å². The zero-order chi connectivity index (χ0) is 23.4. The van der Waals surface area contributed by atoms with Crippen molar-refractivity contribution in [3.8, 4) is 0 Å². The summed E-state index contributed by atoms with van der Waals surface area (Å²) in [5, 5.41) is 3.01. The van der Waals surface area contributed by atoms with Gasteiger partial charge in [-0.15, -0.1) is 0 Å². The molecule has 1 aromatic heterocycles. The Morgan fingerprint density at radius 1 is 0.970 bits per heavy atom. The average molecular weight is 446 g/mol. The van der Waals surface area contributed by atoms with Crippen LogP contribution in [0.25, 0.3) is 0 Å². The molecule has 4 rings (SSSR count). The Kier molecular flexibility index (Phi) is 6.70. The standard InChI is InChI=1S/C26H27N3O4/c1-3-28(4-2)23(18-9-6-5-7-10-18)16-27-24(30)19-12-13-21-22(15-19)26(32)29(25(21)31)17-20-11-8-14-33-20/h5-15,23H,3-4,16-17H2,1-2H3,(H,27,30). The van der Waals surface area contributed by atoms with Crippen molar-refractivity contribution in [2.75, 3.05) is 19.6 Å². The number of carbonyl (C=O) groups excluding carboxylic acids is 3. The summed E-state index contributed by atoms with van der Waals surface area (Å²) in [5.41, 5.74) is 2.02. The third-order valence-electron chi connectivity index (χ3n) is 6.02. The van der Waals surface area contributed by atoms with Crippen LogP contribution >= 0.6 is 0 Å². The Morgan fingerprint density at radius 3 is 2.36 bits per heavy atom. The minimum Gasteiger partial charge on any atom is -0.467 e. The van der Waals surface area contributed by atoms with Gasteiger partial charge in [-0.25, -0.2) is 0 Å². The van der Waals surface area contributed by atoms with Crippen LogP contribution in [0.4, 0.5) is 0 Å². The molecule has 170 valence electrons. The smallest absolute Gasteiger partial charge is 0.261 e. The van der Waals surface area contributed by atoms with Crippen LogP contribution in [-0.4, -0.2) is 47.2 Å². The number of amides is 3. The van der Waals surface area contributed by atoms with Crippen molar-refractivity contribution in [2.45, 2.75) is 26.4 Å². The molecule has 1 aliphatic heterocycles. The molecule has 2 aromatic carbocycles. The molecule has 3 aromatic rings. The molecule has 2 heterocycles. The highest BCUT2D eigenvalue weighted by atomic mass is 16.3.